The summed E-state index contributed by atoms with van der Waals surface area (Å²) in [5, 5.41) is 3.52. The summed E-state index contributed by atoms with van der Waals surface area (Å²) in [7, 11) is 1.56. The van der Waals surface area contributed by atoms with E-state index in [-0.39, 0.29) is 24.5 Å². The Labute approximate surface area is 264 Å². The molecule has 1 aliphatic heterocycles. The number of benzene rings is 3. The number of alkyl halides is 3. The predicted octanol–water partition coefficient (Wildman–Crippen LogP) is 7.28. The number of likely N-dealkylation sites (tertiary alicyclic amines) is 1. The standard InChI is InChI=1S/C34H35F3N4O5/c1-33(2,3)46-32(43)41-15-13-25(14-16-41)45-29-18-26-27(19-28(29)44-4)38-20-39-31(26)22-7-11-24(12-8-22)40-30(42)17-21-5-9-23(10-6-21)34(35,36)37/h5-12,18-20,25H,13-17H2,1-4H3,(H,40,42). The van der Waals surface area contributed by atoms with E-state index in [1.165, 1.54) is 18.5 Å². The van der Waals surface area contributed by atoms with Crippen LogP contribution >= 0.6 is 0 Å². The summed E-state index contributed by atoms with van der Waals surface area (Å²) in [4.78, 5) is 35.6. The molecule has 1 saturated heterocycles. The fourth-order valence-electron chi connectivity index (χ4n) is 5.12. The van der Waals surface area contributed by atoms with Crippen molar-refractivity contribution in [3.8, 4) is 22.8 Å². The van der Waals surface area contributed by atoms with Crippen LogP contribution in [0.4, 0.5) is 23.7 Å². The maximum atomic E-state index is 12.8. The zero-order chi connectivity index (χ0) is 33.1. The monoisotopic (exact) mass is 636 g/mol. The van der Waals surface area contributed by atoms with Gasteiger partial charge in [0.1, 0.15) is 18.0 Å². The maximum absolute atomic E-state index is 12.8. The second kappa shape index (κ2) is 13.2. The van der Waals surface area contributed by atoms with Crippen LogP contribution in [0.3, 0.4) is 0 Å². The topological polar surface area (TPSA) is 103 Å². The van der Waals surface area contributed by atoms with Gasteiger partial charge >= 0.3 is 12.3 Å². The number of amides is 2. The van der Waals surface area contributed by atoms with E-state index in [1.54, 1.807) is 30.2 Å². The minimum absolute atomic E-state index is 0.0684. The number of nitrogens with zero attached hydrogens (tertiary/aromatic N) is 3. The molecule has 0 saturated carbocycles. The molecular weight excluding hydrogens is 601 g/mol. The van der Waals surface area contributed by atoms with Crippen LogP contribution in [-0.4, -0.2) is 58.8 Å². The van der Waals surface area contributed by atoms with E-state index in [9.17, 15) is 22.8 Å². The number of piperidine rings is 1. The molecular formula is C34H35F3N4O5. The average molecular weight is 637 g/mol. The number of ether oxygens (including phenoxy) is 3. The molecule has 1 aliphatic rings. The molecule has 4 aromatic rings. The lowest BCUT2D eigenvalue weighted by Gasteiger charge is -2.33. The van der Waals surface area contributed by atoms with Crippen molar-refractivity contribution in [1.29, 1.82) is 0 Å². The van der Waals surface area contributed by atoms with Gasteiger partial charge in [-0.1, -0.05) is 24.3 Å². The van der Waals surface area contributed by atoms with Gasteiger partial charge in [-0.3, -0.25) is 4.79 Å². The number of fused-ring (bicyclic) bond motifs is 1. The van der Waals surface area contributed by atoms with Gasteiger partial charge in [0.25, 0.3) is 0 Å². The lowest BCUT2D eigenvalue weighted by atomic mass is 10.0. The highest BCUT2D eigenvalue weighted by Crippen LogP contribution is 2.37. The van der Waals surface area contributed by atoms with Crippen molar-refractivity contribution in [2.45, 2.75) is 57.9 Å². The largest absolute Gasteiger partial charge is 0.493 e. The quantitative estimate of drug-likeness (QED) is 0.227. The van der Waals surface area contributed by atoms with Gasteiger partial charge in [-0.05, 0) is 56.7 Å². The third-order valence-corrected chi connectivity index (χ3v) is 7.40. The molecule has 0 spiro atoms. The van der Waals surface area contributed by atoms with Gasteiger partial charge in [-0.2, -0.15) is 13.2 Å². The Bertz CT molecular complexity index is 1700. The molecule has 46 heavy (non-hydrogen) atoms. The Morgan fingerprint density at radius 3 is 2.22 bits per heavy atom. The smallest absolute Gasteiger partial charge is 0.416 e. The lowest BCUT2D eigenvalue weighted by molar-refractivity contribution is -0.137. The second-order valence-corrected chi connectivity index (χ2v) is 12.0. The first-order chi connectivity index (χ1) is 21.8. The zero-order valence-electron chi connectivity index (χ0n) is 26.0. The van der Waals surface area contributed by atoms with Gasteiger partial charge < -0.3 is 24.4 Å². The number of methoxy groups -OCH3 is 1. The Kier molecular flexibility index (Phi) is 9.36. The summed E-state index contributed by atoms with van der Waals surface area (Å²) in [6.45, 7) is 6.54. The van der Waals surface area contributed by atoms with Gasteiger partial charge in [-0.15, -0.1) is 0 Å². The normalized spacial score (nSPS) is 14.2. The van der Waals surface area contributed by atoms with Crippen molar-refractivity contribution in [3.63, 3.8) is 0 Å². The molecule has 1 aromatic heterocycles. The third-order valence-electron chi connectivity index (χ3n) is 7.40. The third kappa shape index (κ3) is 8.04. The minimum atomic E-state index is -4.43. The molecule has 9 nitrogen and oxygen atoms in total. The predicted molar refractivity (Wildman–Crippen MR) is 167 cm³/mol. The van der Waals surface area contributed by atoms with Crippen LogP contribution in [0.25, 0.3) is 22.2 Å². The van der Waals surface area contributed by atoms with Crippen molar-refractivity contribution in [3.05, 3.63) is 78.1 Å². The number of hydrogen-bond acceptors (Lipinski definition) is 7. The van der Waals surface area contributed by atoms with Crippen LogP contribution < -0.4 is 14.8 Å². The fourth-order valence-corrected chi connectivity index (χ4v) is 5.12. The summed E-state index contributed by atoms with van der Waals surface area (Å²) < 4.78 is 55.9. The van der Waals surface area contributed by atoms with Crippen molar-refractivity contribution >= 4 is 28.6 Å². The molecule has 2 amide bonds. The molecule has 5 rings (SSSR count). The number of aromatic nitrogens is 2. The molecule has 242 valence electrons. The Balaban J connectivity index is 1.27. The molecule has 0 unspecified atom stereocenters. The molecule has 0 radical (unpaired) electrons. The van der Waals surface area contributed by atoms with Crippen LogP contribution in [0, 0.1) is 0 Å². The summed E-state index contributed by atoms with van der Waals surface area (Å²) >= 11 is 0. The van der Waals surface area contributed by atoms with Crippen LogP contribution in [-0.2, 0) is 22.1 Å². The van der Waals surface area contributed by atoms with Crippen molar-refractivity contribution in [1.82, 2.24) is 14.9 Å². The van der Waals surface area contributed by atoms with E-state index < -0.39 is 17.3 Å². The van der Waals surface area contributed by atoms with E-state index in [4.69, 9.17) is 14.2 Å². The number of rotatable bonds is 7. The first kappa shape index (κ1) is 32.5. The molecule has 1 fully saturated rings. The highest BCUT2D eigenvalue weighted by molar-refractivity contribution is 5.95. The van der Waals surface area contributed by atoms with Gasteiger partial charge in [0.05, 0.1) is 30.3 Å². The Morgan fingerprint density at radius 1 is 0.935 bits per heavy atom. The molecule has 3 aromatic carbocycles. The number of carbonyl (C=O) groups excluding carboxylic acids is 2. The van der Waals surface area contributed by atoms with Crippen LogP contribution in [0.1, 0.15) is 44.7 Å². The summed E-state index contributed by atoms with van der Waals surface area (Å²) in [6.07, 6.45) is -2.25. The van der Waals surface area contributed by atoms with Crippen molar-refractivity contribution < 1.29 is 37.0 Å². The fraction of sp³-hybridized carbons (Fsp3) is 0.353. The average Bonchev–Trinajstić information content (AvgIpc) is 3.00. The molecule has 2 heterocycles. The van der Waals surface area contributed by atoms with E-state index in [0.717, 1.165) is 23.1 Å². The summed E-state index contributed by atoms with van der Waals surface area (Å²) in [6, 6.07) is 15.2. The number of anilines is 1. The maximum Gasteiger partial charge on any atom is 0.416 e. The van der Waals surface area contributed by atoms with Crippen molar-refractivity contribution in [2.75, 3.05) is 25.5 Å². The minimum Gasteiger partial charge on any atom is -0.493 e. The molecule has 0 bridgehead atoms. The van der Waals surface area contributed by atoms with E-state index in [2.05, 4.69) is 15.3 Å². The van der Waals surface area contributed by atoms with E-state index >= 15 is 0 Å². The van der Waals surface area contributed by atoms with Gasteiger partial charge in [0, 0.05) is 48.6 Å². The SMILES string of the molecule is COc1cc2ncnc(-c3ccc(NC(=O)Cc4ccc(C(F)(F)F)cc4)cc3)c2cc1OC1CCN(C(=O)OC(C)(C)C)CC1. The highest BCUT2D eigenvalue weighted by Gasteiger charge is 2.30. The lowest BCUT2D eigenvalue weighted by Crippen LogP contribution is -2.44. The number of halogens is 3. The zero-order valence-corrected chi connectivity index (χ0v) is 26.0. The molecule has 0 atom stereocenters. The summed E-state index contributed by atoms with van der Waals surface area (Å²) in [5.74, 6) is 0.706. The first-order valence-electron chi connectivity index (χ1n) is 14.8. The highest BCUT2D eigenvalue weighted by atomic mass is 19.4. The van der Waals surface area contributed by atoms with Gasteiger partial charge in [-0.25, -0.2) is 14.8 Å². The van der Waals surface area contributed by atoms with Crippen molar-refractivity contribution in [2.24, 2.45) is 0 Å². The Hall–Kier alpha value is -4.87. The van der Waals surface area contributed by atoms with Gasteiger partial charge in [0.15, 0.2) is 11.5 Å². The van der Waals surface area contributed by atoms with E-state index in [0.29, 0.717) is 59.9 Å². The van der Waals surface area contributed by atoms with Crippen LogP contribution in [0.15, 0.2) is 67.0 Å². The molecule has 12 heteroatoms. The number of nitrogens with one attached hydrogen (secondary N) is 1. The number of carbonyl (C=O) groups is 2. The summed E-state index contributed by atoms with van der Waals surface area (Å²) in [5.41, 5.74) is 1.76. The van der Waals surface area contributed by atoms with E-state index in [1.807, 2.05) is 39.0 Å². The van der Waals surface area contributed by atoms with Gasteiger partial charge in [0.2, 0.25) is 5.91 Å². The number of hydrogen-bond donors (Lipinski definition) is 1. The second-order valence-electron chi connectivity index (χ2n) is 12.0. The van der Waals surface area contributed by atoms with Crippen LogP contribution in [0.5, 0.6) is 11.5 Å². The van der Waals surface area contributed by atoms with Crippen LogP contribution in [0.2, 0.25) is 0 Å². The Morgan fingerprint density at radius 2 is 1.61 bits per heavy atom. The molecule has 0 aliphatic carbocycles. The molecule has 1 N–H and O–H groups in total. The first-order valence-corrected chi connectivity index (χ1v) is 14.8.